The van der Waals surface area contributed by atoms with Crippen LogP contribution in [0, 0.1) is 0 Å². The van der Waals surface area contributed by atoms with Crippen molar-refractivity contribution in [3.05, 3.63) is 36.2 Å². The highest BCUT2D eigenvalue weighted by atomic mass is 16.5. The molecule has 0 spiro atoms. The van der Waals surface area contributed by atoms with Gasteiger partial charge in [0.1, 0.15) is 12.1 Å². The van der Waals surface area contributed by atoms with E-state index in [9.17, 15) is 0 Å². The van der Waals surface area contributed by atoms with Gasteiger partial charge in [-0.25, -0.2) is 9.97 Å². The standard InChI is InChI=1S/C21H25N3O5/c1-24(11-13-7-18(27-4)20(29-6)19(8-13)28-5)21-14-9-16(25-2)17(26-3)10-15(14)22-12-23-21/h7-10,12H,11H2,1-6H3. The monoisotopic (exact) mass is 399 g/mol. The van der Waals surface area contributed by atoms with Crippen LogP contribution in [0.25, 0.3) is 10.9 Å². The maximum Gasteiger partial charge on any atom is 0.203 e. The van der Waals surface area contributed by atoms with Crippen LogP contribution < -0.4 is 28.6 Å². The number of anilines is 1. The van der Waals surface area contributed by atoms with Crippen molar-refractivity contribution in [2.24, 2.45) is 0 Å². The van der Waals surface area contributed by atoms with Crippen molar-refractivity contribution in [3.63, 3.8) is 0 Å². The van der Waals surface area contributed by atoms with Crippen LogP contribution >= 0.6 is 0 Å². The molecular weight excluding hydrogens is 374 g/mol. The van der Waals surface area contributed by atoms with Gasteiger partial charge in [0.2, 0.25) is 5.75 Å². The lowest BCUT2D eigenvalue weighted by atomic mass is 10.1. The molecule has 0 atom stereocenters. The third-order valence-electron chi connectivity index (χ3n) is 4.63. The Morgan fingerprint density at radius 1 is 0.724 bits per heavy atom. The Labute approximate surface area is 169 Å². The van der Waals surface area contributed by atoms with E-state index in [1.54, 1.807) is 35.5 Å². The van der Waals surface area contributed by atoms with Gasteiger partial charge in [-0.3, -0.25) is 0 Å². The number of aromatic nitrogens is 2. The minimum atomic E-state index is 0.561. The molecule has 0 saturated carbocycles. The van der Waals surface area contributed by atoms with Crippen LogP contribution in [-0.2, 0) is 6.54 Å². The molecule has 8 heteroatoms. The Balaban J connectivity index is 2.01. The molecule has 0 fully saturated rings. The van der Waals surface area contributed by atoms with Crippen molar-refractivity contribution in [2.75, 3.05) is 47.5 Å². The molecule has 3 aromatic rings. The third-order valence-corrected chi connectivity index (χ3v) is 4.63. The molecule has 3 rings (SSSR count). The maximum atomic E-state index is 5.45. The molecule has 0 bridgehead atoms. The summed E-state index contributed by atoms with van der Waals surface area (Å²) in [6.07, 6.45) is 1.54. The highest BCUT2D eigenvalue weighted by Gasteiger charge is 2.17. The first-order valence-electron chi connectivity index (χ1n) is 8.93. The molecule has 0 N–H and O–H groups in total. The minimum Gasteiger partial charge on any atom is -0.493 e. The van der Waals surface area contributed by atoms with Gasteiger partial charge in [0.15, 0.2) is 23.0 Å². The second kappa shape index (κ2) is 8.72. The van der Waals surface area contributed by atoms with E-state index in [-0.39, 0.29) is 0 Å². The predicted molar refractivity (Wildman–Crippen MR) is 111 cm³/mol. The Kier molecular flexibility index (Phi) is 6.11. The molecule has 29 heavy (non-hydrogen) atoms. The van der Waals surface area contributed by atoms with Crippen LogP contribution in [-0.4, -0.2) is 52.6 Å². The molecular formula is C21H25N3O5. The average molecular weight is 399 g/mol. The van der Waals surface area contributed by atoms with Crippen molar-refractivity contribution in [3.8, 4) is 28.7 Å². The van der Waals surface area contributed by atoms with Gasteiger partial charge in [-0.1, -0.05) is 0 Å². The number of hydrogen-bond acceptors (Lipinski definition) is 8. The second-order valence-electron chi connectivity index (χ2n) is 6.31. The topological polar surface area (TPSA) is 75.2 Å². The van der Waals surface area contributed by atoms with Gasteiger partial charge in [-0.15, -0.1) is 0 Å². The largest absolute Gasteiger partial charge is 0.493 e. The SMILES string of the molecule is COc1cc2ncnc(N(C)Cc3cc(OC)c(OC)c(OC)c3)c2cc1OC. The molecule has 2 aromatic carbocycles. The maximum absolute atomic E-state index is 5.45. The summed E-state index contributed by atoms with van der Waals surface area (Å²) in [5, 5.41) is 0.861. The molecule has 0 aliphatic rings. The van der Waals surface area contributed by atoms with Crippen LogP contribution in [0.1, 0.15) is 5.56 Å². The average Bonchev–Trinajstić information content (AvgIpc) is 2.76. The molecule has 0 unspecified atom stereocenters. The molecule has 1 aromatic heterocycles. The van der Waals surface area contributed by atoms with Crippen molar-refractivity contribution >= 4 is 16.7 Å². The lowest BCUT2D eigenvalue weighted by molar-refractivity contribution is 0.324. The van der Waals surface area contributed by atoms with Crippen LogP contribution in [0.3, 0.4) is 0 Å². The van der Waals surface area contributed by atoms with Gasteiger partial charge >= 0.3 is 0 Å². The van der Waals surface area contributed by atoms with Gasteiger partial charge in [-0.2, -0.15) is 0 Å². The number of ether oxygens (including phenoxy) is 5. The smallest absolute Gasteiger partial charge is 0.203 e. The highest BCUT2D eigenvalue weighted by Crippen LogP contribution is 2.39. The quantitative estimate of drug-likeness (QED) is 0.571. The molecule has 0 saturated heterocycles. The van der Waals surface area contributed by atoms with Crippen LogP contribution in [0.4, 0.5) is 5.82 Å². The van der Waals surface area contributed by atoms with Crippen molar-refractivity contribution in [2.45, 2.75) is 6.54 Å². The van der Waals surface area contributed by atoms with Gasteiger partial charge in [0.05, 0.1) is 41.1 Å². The van der Waals surface area contributed by atoms with Crippen LogP contribution in [0.15, 0.2) is 30.6 Å². The predicted octanol–water partition coefficient (Wildman–Crippen LogP) is 3.31. The fourth-order valence-corrected chi connectivity index (χ4v) is 3.25. The van der Waals surface area contributed by atoms with E-state index in [1.165, 1.54) is 6.33 Å². The Morgan fingerprint density at radius 2 is 1.31 bits per heavy atom. The molecule has 8 nitrogen and oxygen atoms in total. The molecule has 0 aliphatic heterocycles. The van der Waals surface area contributed by atoms with E-state index in [0.29, 0.717) is 35.3 Å². The Morgan fingerprint density at radius 3 is 1.86 bits per heavy atom. The van der Waals surface area contributed by atoms with Crippen molar-refractivity contribution in [1.82, 2.24) is 9.97 Å². The van der Waals surface area contributed by atoms with Crippen LogP contribution in [0.5, 0.6) is 28.7 Å². The van der Waals surface area contributed by atoms with Crippen LogP contribution in [0.2, 0.25) is 0 Å². The van der Waals surface area contributed by atoms with E-state index >= 15 is 0 Å². The van der Waals surface area contributed by atoms with E-state index in [1.807, 2.05) is 36.2 Å². The van der Waals surface area contributed by atoms with Gasteiger partial charge in [0.25, 0.3) is 0 Å². The summed E-state index contributed by atoms with van der Waals surface area (Å²) in [5.74, 6) is 3.79. The van der Waals surface area contributed by atoms with Gasteiger partial charge in [0, 0.05) is 25.0 Å². The first-order valence-corrected chi connectivity index (χ1v) is 8.93. The number of benzene rings is 2. The van der Waals surface area contributed by atoms with Gasteiger partial charge < -0.3 is 28.6 Å². The number of methoxy groups -OCH3 is 5. The zero-order valence-corrected chi connectivity index (χ0v) is 17.5. The third kappa shape index (κ3) is 3.91. The summed E-state index contributed by atoms with van der Waals surface area (Å²) in [5.41, 5.74) is 1.75. The van der Waals surface area contributed by atoms with E-state index < -0.39 is 0 Å². The summed E-state index contributed by atoms with van der Waals surface area (Å²) in [6, 6.07) is 7.57. The molecule has 0 amide bonds. The number of hydrogen-bond donors (Lipinski definition) is 0. The summed E-state index contributed by atoms with van der Waals surface area (Å²) in [7, 11) is 9.95. The summed E-state index contributed by atoms with van der Waals surface area (Å²) in [4.78, 5) is 10.9. The Bertz CT molecular complexity index is 984. The van der Waals surface area contributed by atoms with E-state index in [0.717, 1.165) is 22.3 Å². The van der Waals surface area contributed by atoms with Crippen molar-refractivity contribution in [1.29, 1.82) is 0 Å². The second-order valence-corrected chi connectivity index (χ2v) is 6.31. The normalized spacial score (nSPS) is 10.6. The highest BCUT2D eigenvalue weighted by molar-refractivity contribution is 5.91. The fourth-order valence-electron chi connectivity index (χ4n) is 3.25. The number of fused-ring (bicyclic) bond motifs is 1. The lowest BCUT2D eigenvalue weighted by Crippen LogP contribution is -2.18. The first kappa shape index (κ1) is 20.3. The summed E-state index contributed by atoms with van der Waals surface area (Å²) < 4.78 is 27.1. The number of rotatable bonds is 8. The lowest BCUT2D eigenvalue weighted by Gasteiger charge is -2.22. The van der Waals surface area contributed by atoms with E-state index in [2.05, 4.69) is 9.97 Å². The first-order chi connectivity index (χ1) is 14.1. The minimum absolute atomic E-state index is 0.561. The van der Waals surface area contributed by atoms with E-state index in [4.69, 9.17) is 23.7 Å². The molecule has 154 valence electrons. The molecule has 1 heterocycles. The molecule has 0 radical (unpaired) electrons. The van der Waals surface area contributed by atoms with Gasteiger partial charge in [-0.05, 0) is 23.8 Å². The summed E-state index contributed by atoms with van der Waals surface area (Å²) >= 11 is 0. The zero-order valence-electron chi connectivity index (χ0n) is 17.5. The molecule has 0 aliphatic carbocycles. The number of nitrogens with zero attached hydrogens (tertiary/aromatic N) is 3. The fraction of sp³-hybridized carbons (Fsp3) is 0.333. The Hall–Kier alpha value is -3.42. The van der Waals surface area contributed by atoms with Crippen molar-refractivity contribution < 1.29 is 23.7 Å². The zero-order chi connectivity index (χ0) is 21.0. The summed E-state index contributed by atoms with van der Waals surface area (Å²) in [6.45, 7) is 0.567.